The van der Waals surface area contributed by atoms with Crippen LogP contribution in [-0.2, 0) is 6.42 Å². The molecule has 0 aliphatic carbocycles. The predicted octanol–water partition coefficient (Wildman–Crippen LogP) is 3.87. The Kier molecular flexibility index (Phi) is 4.04. The number of aryl methyl sites for hydroxylation is 3. The van der Waals surface area contributed by atoms with Gasteiger partial charge in [0, 0.05) is 4.47 Å². The number of carbonyl (C=O) groups excluding carboxylic acids is 1. The van der Waals surface area contributed by atoms with Gasteiger partial charge in [0.2, 0.25) is 0 Å². The van der Waals surface area contributed by atoms with E-state index in [2.05, 4.69) is 26.4 Å². The van der Waals surface area contributed by atoms with Crippen LogP contribution in [0.5, 0.6) is 0 Å². The Labute approximate surface area is 120 Å². The van der Waals surface area contributed by atoms with Crippen LogP contribution >= 0.6 is 15.9 Å². The number of aromatic nitrogens is 1. The van der Waals surface area contributed by atoms with Crippen molar-refractivity contribution in [2.24, 2.45) is 0 Å². The van der Waals surface area contributed by atoms with Gasteiger partial charge in [-0.05, 0) is 53.9 Å². The zero-order valence-corrected chi connectivity index (χ0v) is 12.7. The van der Waals surface area contributed by atoms with E-state index in [0.29, 0.717) is 23.4 Å². The van der Waals surface area contributed by atoms with Crippen molar-refractivity contribution in [1.29, 1.82) is 0 Å². The third kappa shape index (κ3) is 2.87. The van der Waals surface area contributed by atoms with Crippen molar-refractivity contribution in [1.82, 2.24) is 5.16 Å². The standard InChI is InChI=1S/C14H15BrN2O2/c1-4-11-13(9(3)19-17-11)14(18)16-12-6-5-8(2)7-10(12)15/h5-7H,4H2,1-3H3,(H,16,18). The minimum atomic E-state index is -0.194. The van der Waals surface area contributed by atoms with E-state index in [1.165, 1.54) is 0 Å². The average Bonchev–Trinajstić information content (AvgIpc) is 2.74. The van der Waals surface area contributed by atoms with Crippen LogP contribution in [0.3, 0.4) is 0 Å². The summed E-state index contributed by atoms with van der Waals surface area (Å²) in [6, 6.07) is 5.77. The Morgan fingerprint density at radius 3 is 2.79 bits per heavy atom. The molecule has 100 valence electrons. The molecule has 0 saturated heterocycles. The first-order chi connectivity index (χ1) is 9.02. The third-order valence-electron chi connectivity index (χ3n) is 2.87. The molecule has 4 nitrogen and oxygen atoms in total. The molecule has 1 aromatic heterocycles. The topological polar surface area (TPSA) is 55.1 Å². The molecule has 0 bridgehead atoms. The molecule has 1 amide bonds. The molecule has 19 heavy (non-hydrogen) atoms. The number of nitrogens with one attached hydrogen (secondary N) is 1. The van der Waals surface area contributed by atoms with E-state index in [9.17, 15) is 4.79 Å². The highest BCUT2D eigenvalue weighted by Crippen LogP contribution is 2.25. The maximum atomic E-state index is 12.3. The molecular formula is C14H15BrN2O2. The maximum absolute atomic E-state index is 12.3. The summed E-state index contributed by atoms with van der Waals surface area (Å²) in [7, 11) is 0. The van der Waals surface area contributed by atoms with Crippen LogP contribution in [0.4, 0.5) is 5.69 Å². The van der Waals surface area contributed by atoms with E-state index in [1.807, 2.05) is 32.0 Å². The first-order valence-electron chi connectivity index (χ1n) is 6.05. The SMILES string of the molecule is CCc1noc(C)c1C(=O)Nc1ccc(C)cc1Br. The Morgan fingerprint density at radius 1 is 1.42 bits per heavy atom. The number of amides is 1. The molecule has 0 spiro atoms. The lowest BCUT2D eigenvalue weighted by Gasteiger charge is -2.08. The Bertz CT molecular complexity index is 620. The Balaban J connectivity index is 2.28. The van der Waals surface area contributed by atoms with Crippen LogP contribution < -0.4 is 5.32 Å². The van der Waals surface area contributed by atoms with Crippen molar-refractivity contribution < 1.29 is 9.32 Å². The van der Waals surface area contributed by atoms with Crippen LogP contribution in [0.25, 0.3) is 0 Å². The van der Waals surface area contributed by atoms with Gasteiger partial charge in [-0.3, -0.25) is 4.79 Å². The van der Waals surface area contributed by atoms with Crippen molar-refractivity contribution in [2.75, 3.05) is 5.32 Å². The van der Waals surface area contributed by atoms with Crippen molar-refractivity contribution in [3.63, 3.8) is 0 Å². The molecule has 2 rings (SSSR count). The van der Waals surface area contributed by atoms with E-state index >= 15 is 0 Å². The van der Waals surface area contributed by atoms with Gasteiger partial charge in [-0.25, -0.2) is 0 Å². The van der Waals surface area contributed by atoms with Gasteiger partial charge in [-0.2, -0.15) is 0 Å². The number of halogens is 1. The van der Waals surface area contributed by atoms with Crippen LogP contribution in [0.2, 0.25) is 0 Å². The monoisotopic (exact) mass is 322 g/mol. The van der Waals surface area contributed by atoms with Gasteiger partial charge in [0.25, 0.3) is 5.91 Å². The highest BCUT2D eigenvalue weighted by molar-refractivity contribution is 9.10. The van der Waals surface area contributed by atoms with Crippen LogP contribution in [0, 0.1) is 13.8 Å². The second kappa shape index (κ2) is 5.57. The van der Waals surface area contributed by atoms with Crippen molar-refractivity contribution >= 4 is 27.5 Å². The lowest BCUT2D eigenvalue weighted by Crippen LogP contribution is -2.14. The van der Waals surface area contributed by atoms with Crippen LogP contribution in [-0.4, -0.2) is 11.1 Å². The van der Waals surface area contributed by atoms with Crippen molar-refractivity contribution in [3.8, 4) is 0 Å². The van der Waals surface area contributed by atoms with Crippen LogP contribution in [0.15, 0.2) is 27.2 Å². The molecule has 0 unspecified atom stereocenters. The largest absolute Gasteiger partial charge is 0.361 e. The van der Waals surface area contributed by atoms with E-state index < -0.39 is 0 Å². The molecule has 1 aromatic carbocycles. The number of benzene rings is 1. The molecule has 0 aliphatic rings. The van der Waals surface area contributed by atoms with Gasteiger partial charge >= 0.3 is 0 Å². The summed E-state index contributed by atoms with van der Waals surface area (Å²) in [5.74, 6) is 0.345. The summed E-state index contributed by atoms with van der Waals surface area (Å²) in [5, 5.41) is 6.76. The van der Waals surface area contributed by atoms with Gasteiger partial charge in [0.1, 0.15) is 11.3 Å². The number of rotatable bonds is 3. The second-order valence-electron chi connectivity index (χ2n) is 4.35. The summed E-state index contributed by atoms with van der Waals surface area (Å²) >= 11 is 3.44. The molecule has 5 heteroatoms. The summed E-state index contributed by atoms with van der Waals surface area (Å²) < 4.78 is 5.93. The van der Waals surface area contributed by atoms with Gasteiger partial charge < -0.3 is 9.84 Å². The lowest BCUT2D eigenvalue weighted by molar-refractivity contribution is 0.102. The molecule has 0 atom stereocenters. The zero-order chi connectivity index (χ0) is 14.0. The summed E-state index contributed by atoms with van der Waals surface area (Å²) in [6.07, 6.45) is 0.662. The number of hydrogen-bond acceptors (Lipinski definition) is 3. The second-order valence-corrected chi connectivity index (χ2v) is 5.21. The molecular weight excluding hydrogens is 308 g/mol. The Hall–Kier alpha value is -1.62. The van der Waals surface area contributed by atoms with Crippen molar-refractivity contribution in [3.05, 3.63) is 45.3 Å². The molecule has 0 aliphatic heterocycles. The number of anilines is 1. The van der Waals surface area contributed by atoms with Gasteiger partial charge in [-0.15, -0.1) is 0 Å². The highest BCUT2D eigenvalue weighted by Gasteiger charge is 2.19. The molecule has 0 fully saturated rings. The molecule has 2 aromatic rings. The molecule has 1 N–H and O–H groups in total. The third-order valence-corrected chi connectivity index (χ3v) is 3.52. The predicted molar refractivity (Wildman–Crippen MR) is 77.5 cm³/mol. The number of hydrogen-bond donors (Lipinski definition) is 1. The Morgan fingerprint density at radius 2 is 2.16 bits per heavy atom. The summed E-state index contributed by atoms with van der Waals surface area (Å²) in [4.78, 5) is 12.3. The minimum Gasteiger partial charge on any atom is -0.361 e. The average molecular weight is 323 g/mol. The highest BCUT2D eigenvalue weighted by atomic mass is 79.9. The van der Waals surface area contributed by atoms with E-state index in [-0.39, 0.29) is 5.91 Å². The fourth-order valence-corrected chi connectivity index (χ4v) is 2.45. The fourth-order valence-electron chi connectivity index (χ4n) is 1.86. The van der Waals surface area contributed by atoms with Gasteiger partial charge in [-0.1, -0.05) is 18.1 Å². The normalized spacial score (nSPS) is 10.5. The summed E-state index contributed by atoms with van der Waals surface area (Å²) in [5.41, 5.74) is 3.06. The maximum Gasteiger partial charge on any atom is 0.261 e. The first kappa shape index (κ1) is 13.8. The lowest BCUT2D eigenvalue weighted by atomic mass is 10.1. The van der Waals surface area contributed by atoms with Crippen molar-refractivity contribution in [2.45, 2.75) is 27.2 Å². The minimum absolute atomic E-state index is 0.194. The summed E-state index contributed by atoms with van der Waals surface area (Å²) in [6.45, 7) is 5.68. The molecule has 0 radical (unpaired) electrons. The van der Waals surface area contributed by atoms with Gasteiger partial charge in [0.05, 0.1) is 11.4 Å². The number of carbonyl (C=O) groups is 1. The quantitative estimate of drug-likeness (QED) is 0.933. The molecule has 0 saturated carbocycles. The van der Waals surface area contributed by atoms with E-state index in [4.69, 9.17) is 4.52 Å². The smallest absolute Gasteiger partial charge is 0.261 e. The zero-order valence-electron chi connectivity index (χ0n) is 11.1. The van der Waals surface area contributed by atoms with E-state index in [1.54, 1.807) is 6.92 Å². The molecule has 1 heterocycles. The van der Waals surface area contributed by atoms with Gasteiger partial charge in [0.15, 0.2) is 0 Å². The first-order valence-corrected chi connectivity index (χ1v) is 6.85. The van der Waals surface area contributed by atoms with E-state index in [0.717, 1.165) is 15.7 Å². The number of nitrogens with zero attached hydrogens (tertiary/aromatic N) is 1. The fraction of sp³-hybridized carbons (Fsp3) is 0.286. The van der Waals surface area contributed by atoms with Crippen LogP contribution in [0.1, 0.15) is 34.3 Å².